The molecule has 314 valence electrons. The highest BCUT2D eigenvalue weighted by Gasteiger charge is 2.50. The van der Waals surface area contributed by atoms with Gasteiger partial charge in [0.25, 0.3) is 0 Å². The fraction of sp³-hybridized carbons (Fsp3) is 0.449. The number of hydrogen-bond acceptors (Lipinski definition) is 6. The summed E-state index contributed by atoms with van der Waals surface area (Å²) in [5, 5.41) is 5.63. The molecule has 5 heterocycles. The van der Waals surface area contributed by atoms with Crippen LogP contribution in [-0.4, -0.2) is 64.3 Å². The first-order valence-electron chi connectivity index (χ1n) is 21.8. The minimum atomic E-state index is -1.10. The number of halogens is 2. The fourth-order valence-electron chi connectivity index (χ4n) is 11.0. The minimum absolute atomic E-state index is 0.174. The van der Waals surface area contributed by atoms with Crippen LogP contribution in [0.1, 0.15) is 121 Å². The van der Waals surface area contributed by atoms with E-state index in [4.69, 9.17) is 19.4 Å². The van der Waals surface area contributed by atoms with E-state index < -0.39 is 5.54 Å². The van der Waals surface area contributed by atoms with Gasteiger partial charge in [0, 0.05) is 102 Å². The van der Waals surface area contributed by atoms with E-state index in [1.54, 1.807) is 26.4 Å². The first-order valence-corrected chi connectivity index (χ1v) is 21.8. The largest absolute Gasteiger partial charge is 0.481 e. The number of pyridine rings is 2. The van der Waals surface area contributed by atoms with E-state index in [2.05, 4.69) is 14.5 Å². The molecule has 9 nitrogen and oxygen atoms in total. The van der Waals surface area contributed by atoms with Crippen LogP contribution in [0.2, 0.25) is 0 Å². The van der Waals surface area contributed by atoms with Crippen molar-refractivity contribution in [1.29, 1.82) is 0 Å². The molecule has 11 heteroatoms. The molecule has 0 radical (unpaired) electrons. The van der Waals surface area contributed by atoms with Crippen LogP contribution in [0.4, 0.5) is 8.78 Å². The summed E-state index contributed by atoms with van der Waals surface area (Å²) in [6.45, 7) is 5.17. The Morgan fingerprint density at radius 2 is 1.20 bits per heavy atom. The standard InChI is InChI=1S/C49H56F2N6O3/c1-31-33(13-11-19-39(31)50)23-43-47(37-27-53-45(59-3)25-41(37)56(43)35-15-7-5-8-16-35)49(29-52-21-22-55(49)30-58)48-38-28-54-46(60-4)26-42(38)57(36-17-9-6-10-18-36)44(48)24-34-14-12-20-40(51)32(34)2/h11-14,19-20,25-28,30,35-36,52H,5-10,15-18,21-24,29H2,1-4H3. The van der Waals surface area contributed by atoms with Gasteiger partial charge in [-0.15, -0.1) is 0 Å². The predicted octanol–water partition coefficient (Wildman–Crippen LogP) is 9.80. The van der Waals surface area contributed by atoms with Crippen LogP contribution >= 0.6 is 0 Å². The van der Waals surface area contributed by atoms with Crippen molar-refractivity contribution in [2.75, 3.05) is 33.9 Å². The van der Waals surface area contributed by atoms with Gasteiger partial charge in [0.2, 0.25) is 18.2 Å². The van der Waals surface area contributed by atoms with Crippen molar-refractivity contribution in [3.8, 4) is 11.8 Å². The molecule has 3 fully saturated rings. The van der Waals surface area contributed by atoms with Gasteiger partial charge >= 0.3 is 0 Å². The summed E-state index contributed by atoms with van der Waals surface area (Å²) in [6, 6.07) is 15.1. The number of carbonyl (C=O) groups is 1. The molecule has 2 aromatic carbocycles. The summed E-state index contributed by atoms with van der Waals surface area (Å²) < 4.78 is 47.7. The molecule has 6 aromatic rings. The summed E-state index contributed by atoms with van der Waals surface area (Å²) in [5.74, 6) is 0.523. The van der Waals surface area contributed by atoms with Crippen molar-refractivity contribution < 1.29 is 23.0 Å². The molecule has 9 rings (SSSR count). The average Bonchev–Trinajstić information content (AvgIpc) is 3.78. The lowest BCUT2D eigenvalue weighted by atomic mass is 9.75. The Morgan fingerprint density at radius 3 is 1.63 bits per heavy atom. The number of fused-ring (bicyclic) bond motifs is 2. The van der Waals surface area contributed by atoms with Gasteiger partial charge in [-0.2, -0.15) is 0 Å². The molecule has 4 aromatic heterocycles. The van der Waals surface area contributed by atoms with Crippen LogP contribution in [0.15, 0.2) is 60.9 Å². The number of rotatable bonds is 11. The molecule has 1 aliphatic heterocycles. The number of methoxy groups -OCH3 is 2. The quantitative estimate of drug-likeness (QED) is 0.131. The van der Waals surface area contributed by atoms with E-state index in [0.29, 0.717) is 55.4 Å². The number of amides is 1. The Kier molecular flexibility index (Phi) is 11.1. The van der Waals surface area contributed by atoms with Crippen LogP contribution in [-0.2, 0) is 23.2 Å². The third-order valence-electron chi connectivity index (χ3n) is 14.1. The molecule has 0 bridgehead atoms. The van der Waals surface area contributed by atoms with Gasteiger partial charge in [-0.3, -0.25) is 4.79 Å². The Morgan fingerprint density at radius 1 is 0.733 bits per heavy atom. The Labute approximate surface area is 351 Å². The van der Waals surface area contributed by atoms with Crippen molar-refractivity contribution in [2.24, 2.45) is 0 Å². The molecule has 2 aliphatic carbocycles. The maximum Gasteiger partial charge on any atom is 0.215 e. The number of nitrogens with one attached hydrogen (secondary N) is 1. The second kappa shape index (κ2) is 16.6. The van der Waals surface area contributed by atoms with E-state index in [1.807, 2.05) is 55.4 Å². The highest BCUT2D eigenvalue weighted by molar-refractivity contribution is 5.93. The lowest BCUT2D eigenvalue weighted by Crippen LogP contribution is -2.59. The molecule has 1 N–H and O–H groups in total. The number of benzene rings is 2. The Bertz CT molecular complexity index is 2390. The molecule has 0 atom stereocenters. The van der Waals surface area contributed by atoms with Gasteiger partial charge in [0.1, 0.15) is 17.2 Å². The minimum Gasteiger partial charge on any atom is -0.481 e. The first kappa shape index (κ1) is 40.1. The van der Waals surface area contributed by atoms with Crippen molar-refractivity contribution in [3.05, 3.63) is 117 Å². The first-order chi connectivity index (χ1) is 29.3. The molecule has 1 amide bonds. The van der Waals surface area contributed by atoms with E-state index in [-0.39, 0.29) is 23.7 Å². The normalized spacial score (nSPS) is 17.7. The SMILES string of the molecule is COc1cc2c(cn1)c(C1(c3c(Cc4cccc(F)c4C)n(C4CCCCC4)c4cc(OC)ncc34)CNCCN1C=O)c(Cc1cccc(F)c1C)n2C1CCCCC1. The summed E-state index contributed by atoms with van der Waals surface area (Å²) in [7, 11) is 3.28. The van der Waals surface area contributed by atoms with Crippen LogP contribution < -0.4 is 14.8 Å². The Hall–Kier alpha value is -5.29. The van der Waals surface area contributed by atoms with E-state index in [1.165, 1.54) is 25.0 Å². The lowest BCUT2D eigenvalue weighted by molar-refractivity contribution is -0.124. The maximum atomic E-state index is 15.5. The van der Waals surface area contributed by atoms with E-state index in [9.17, 15) is 4.79 Å². The van der Waals surface area contributed by atoms with Gasteiger partial charge in [-0.1, -0.05) is 62.8 Å². The van der Waals surface area contributed by atoms with Gasteiger partial charge < -0.3 is 28.8 Å². The van der Waals surface area contributed by atoms with Crippen LogP contribution in [0.3, 0.4) is 0 Å². The zero-order chi connectivity index (χ0) is 41.5. The predicted molar refractivity (Wildman–Crippen MR) is 231 cm³/mol. The van der Waals surface area contributed by atoms with Gasteiger partial charge in [-0.05, 0) is 73.9 Å². The smallest absolute Gasteiger partial charge is 0.215 e. The van der Waals surface area contributed by atoms with Crippen molar-refractivity contribution >= 4 is 28.2 Å². The van der Waals surface area contributed by atoms with E-state index in [0.717, 1.165) is 113 Å². The zero-order valence-electron chi connectivity index (χ0n) is 35.3. The number of aromatic nitrogens is 4. The number of ether oxygens (including phenoxy) is 2. The summed E-state index contributed by atoms with van der Waals surface area (Å²) in [5.41, 5.74) is 7.87. The highest BCUT2D eigenvalue weighted by atomic mass is 19.1. The van der Waals surface area contributed by atoms with Gasteiger partial charge in [0.05, 0.1) is 25.3 Å². The molecular weight excluding hydrogens is 759 g/mol. The Balaban J connectivity index is 1.46. The van der Waals surface area contributed by atoms with Gasteiger partial charge in [-0.25, -0.2) is 18.7 Å². The second-order valence-electron chi connectivity index (χ2n) is 17.2. The molecule has 3 aliphatic rings. The molecule has 0 unspecified atom stereocenters. The lowest BCUT2D eigenvalue weighted by Gasteiger charge is -2.47. The van der Waals surface area contributed by atoms with E-state index >= 15 is 8.78 Å². The highest BCUT2D eigenvalue weighted by Crippen LogP contribution is 2.52. The van der Waals surface area contributed by atoms with Gasteiger partial charge in [0.15, 0.2) is 0 Å². The molecular formula is C49H56F2N6O3. The summed E-state index contributed by atoms with van der Waals surface area (Å²) in [6.07, 6.45) is 16.5. The fourth-order valence-corrected chi connectivity index (χ4v) is 11.0. The monoisotopic (exact) mass is 814 g/mol. The number of nitrogens with zero attached hydrogens (tertiary/aromatic N) is 5. The average molecular weight is 815 g/mol. The zero-order valence-corrected chi connectivity index (χ0v) is 35.3. The van der Waals surface area contributed by atoms with Crippen LogP contribution in [0, 0.1) is 25.5 Å². The third kappa shape index (κ3) is 6.73. The molecule has 2 saturated carbocycles. The summed E-state index contributed by atoms with van der Waals surface area (Å²) in [4.78, 5) is 25.8. The number of carbonyl (C=O) groups excluding carboxylic acids is 1. The maximum absolute atomic E-state index is 15.5. The van der Waals surface area contributed by atoms with Crippen molar-refractivity contribution in [3.63, 3.8) is 0 Å². The molecule has 60 heavy (non-hydrogen) atoms. The van der Waals surface area contributed by atoms with Crippen LogP contribution in [0.5, 0.6) is 11.8 Å². The third-order valence-corrected chi connectivity index (χ3v) is 14.1. The second-order valence-corrected chi connectivity index (χ2v) is 17.2. The topological polar surface area (TPSA) is 86.4 Å². The summed E-state index contributed by atoms with van der Waals surface area (Å²) >= 11 is 0. The van der Waals surface area contributed by atoms with Crippen molar-refractivity contribution in [1.82, 2.24) is 29.3 Å². The molecule has 0 spiro atoms. The number of piperazine rings is 1. The van der Waals surface area contributed by atoms with Crippen LogP contribution in [0.25, 0.3) is 21.8 Å². The van der Waals surface area contributed by atoms with Crippen molar-refractivity contribution in [2.45, 2.75) is 109 Å². The molecule has 1 saturated heterocycles. The number of hydrogen-bond donors (Lipinski definition) is 1.